The number of carbonyl (C=O) groups excluding carboxylic acids is 1. The summed E-state index contributed by atoms with van der Waals surface area (Å²) in [6.07, 6.45) is -0.442. The van der Waals surface area contributed by atoms with Gasteiger partial charge in [0.2, 0.25) is 0 Å². The Morgan fingerprint density at radius 1 is 1.17 bits per heavy atom. The zero-order valence-corrected chi connectivity index (χ0v) is 11.1. The zero-order chi connectivity index (χ0) is 13.5. The largest absolute Gasteiger partial charge is 0.493 e. The van der Waals surface area contributed by atoms with Gasteiger partial charge in [-0.25, -0.2) is 0 Å². The fraction of sp³-hybridized carbons (Fsp3) is 0.462. The van der Waals surface area contributed by atoms with Gasteiger partial charge in [-0.3, -0.25) is 4.79 Å². The Hall–Kier alpha value is -1.59. The van der Waals surface area contributed by atoms with E-state index in [9.17, 15) is 4.79 Å². The summed E-state index contributed by atoms with van der Waals surface area (Å²) in [4.78, 5) is 11.2. The van der Waals surface area contributed by atoms with E-state index in [-0.39, 0.29) is 12.4 Å². The summed E-state index contributed by atoms with van der Waals surface area (Å²) in [6, 6.07) is 5.03. The van der Waals surface area contributed by atoms with Crippen LogP contribution in [0.2, 0.25) is 0 Å². The van der Waals surface area contributed by atoms with Crippen molar-refractivity contribution in [1.82, 2.24) is 0 Å². The highest BCUT2D eigenvalue weighted by Crippen LogP contribution is 2.28. The summed E-state index contributed by atoms with van der Waals surface area (Å²) in [5, 5.41) is 0. The van der Waals surface area contributed by atoms with Crippen LogP contribution in [0.3, 0.4) is 0 Å². The lowest BCUT2D eigenvalue weighted by Crippen LogP contribution is -2.22. The minimum Gasteiger partial charge on any atom is -0.493 e. The topological polar surface area (TPSA) is 54.0 Å². The predicted molar refractivity (Wildman–Crippen MR) is 66.3 cm³/mol. The molecular formula is C13H18O5. The number of rotatable bonds is 7. The van der Waals surface area contributed by atoms with E-state index in [1.807, 2.05) is 0 Å². The zero-order valence-electron chi connectivity index (χ0n) is 11.1. The Kier molecular flexibility index (Phi) is 5.61. The minimum atomic E-state index is -0.442. The number of ether oxygens (including phenoxy) is 4. The number of carbonyl (C=O) groups is 1. The Morgan fingerprint density at radius 3 is 2.33 bits per heavy atom. The number of methoxy groups -OCH3 is 3. The van der Waals surface area contributed by atoms with Crippen LogP contribution < -0.4 is 9.47 Å². The van der Waals surface area contributed by atoms with Crippen LogP contribution in [-0.2, 0) is 9.47 Å². The number of hydrogen-bond acceptors (Lipinski definition) is 5. The highest BCUT2D eigenvalue weighted by atomic mass is 16.7. The first-order valence-electron chi connectivity index (χ1n) is 5.49. The van der Waals surface area contributed by atoms with Crippen molar-refractivity contribution in [2.45, 2.75) is 13.2 Å². The summed E-state index contributed by atoms with van der Waals surface area (Å²) in [5.74, 6) is 1.03. The van der Waals surface area contributed by atoms with Gasteiger partial charge in [-0.2, -0.15) is 0 Å². The molecule has 1 aromatic rings. The van der Waals surface area contributed by atoms with E-state index < -0.39 is 6.29 Å². The van der Waals surface area contributed by atoms with Gasteiger partial charge in [0.05, 0.1) is 7.11 Å². The van der Waals surface area contributed by atoms with E-state index in [1.54, 1.807) is 18.2 Å². The van der Waals surface area contributed by atoms with Gasteiger partial charge in [0.25, 0.3) is 0 Å². The lowest BCUT2D eigenvalue weighted by Gasteiger charge is -2.16. The normalized spacial score (nSPS) is 10.5. The van der Waals surface area contributed by atoms with Crippen LogP contribution in [0.4, 0.5) is 0 Å². The Morgan fingerprint density at radius 2 is 1.83 bits per heavy atom. The average Bonchev–Trinajstić information content (AvgIpc) is 2.39. The van der Waals surface area contributed by atoms with Crippen LogP contribution in [-0.4, -0.2) is 40.0 Å². The molecule has 0 saturated carbocycles. The standard InChI is InChI=1S/C13H18O5/c1-9(14)10-5-6-11(12(7-10)15-2)18-8-13(16-3)17-4/h5-7,13H,8H2,1-4H3. The SMILES string of the molecule is COc1cc(C(C)=O)ccc1OCC(OC)OC. The molecule has 5 nitrogen and oxygen atoms in total. The molecule has 0 unspecified atom stereocenters. The molecule has 0 amide bonds. The van der Waals surface area contributed by atoms with Gasteiger partial charge < -0.3 is 18.9 Å². The first-order valence-corrected chi connectivity index (χ1v) is 5.49. The van der Waals surface area contributed by atoms with Gasteiger partial charge in [-0.05, 0) is 25.1 Å². The second-order valence-electron chi connectivity index (χ2n) is 3.63. The van der Waals surface area contributed by atoms with Crippen molar-refractivity contribution in [2.24, 2.45) is 0 Å². The van der Waals surface area contributed by atoms with Crippen LogP contribution in [0.15, 0.2) is 18.2 Å². The Balaban J connectivity index is 2.79. The molecule has 1 rings (SSSR count). The molecule has 0 atom stereocenters. The molecular weight excluding hydrogens is 236 g/mol. The van der Waals surface area contributed by atoms with E-state index >= 15 is 0 Å². The van der Waals surface area contributed by atoms with Crippen molar-refractivity contribution in [3.05, 3.63) is 23.8 Å². The second kappa shape index (κ2) is 6.98. The number of Topliss-reactive ketones (excluding diaryl/α,β-unsaturated/α-hetero) is 1. The van der Waals surface area contributed by atoms with Crippen LogP contribution in [0, 0.1) is 0 Å². The summed E-state index contributed by atoms with van der Waals surface area (Å²) in [5.41, 5.74) is 0.578. The fourth-order valence-corrected chi connectivity index (χ4v) is 1.40. The maximum Gasteiger partial charge on any atom is 0.191 e. The van der Waals surface area contributed by atoms with Gasteiger partial charge in [-0.15, -0.1) is 0 Å². The van der Waals surface area contributed by atoms with Crippen molar-refractivity contribution in [3.63, 3.8) is 0 Å². The molecule has 0 spiro atoms. The lowest BCUT2D eigenvalue weighted by molar-refractivity contribution is -0.122. The monoisotopic (exact) mass is 254 g/mol. The molecule has 0 saturated heterocycles. The maximum atomic E-state index is 11.2. The van der Waals surface area contributed by atoms with Crippen LogP contribution in [0.5, 0.6) is 11.5 Å². The Bertz CT molecular complexity index is 398. The van der Waals surface area contributed by atoms with Crippen molar-refractivity contribution in [1.29, 1.82) is 0 Å². The van der Waals surface area contributed by atoms with Crippen molar-refractivity contribution in [2.75, 3.05) is 27.9 Å². The van der Waals surface area contributed by atoms with E-state index in [4.69, 9.17) is 18.9 Å². The molecule has 0 radical (unpaired) electrons. The molecule has 0 N–H and O–H groups in total. The molecule has 18 heavy (non-hydrogen) atoms. The first kappa shape index (κ1) is 14.5. The quantitative estimate of drug-likeness (QED) is 0.549. The third-order valence-corrected chi connectivity index (χ3v) is 2.47. The fourth-order valence-electron chi connectivity index (χ4n) is 1.40. The average molecular weight is 254 g/mol. The molecule has 0 aliphatic rings. The van der Waals surface area contributed by atoms with Crippen LogP contribution >= 0.6 is 0 Å². The van der Waals surface area contributed by atoms with Crippen molar-refractivity contribution < 1.29 is 23.7 Å². The van der Waals surface area contributed by atoms with Gasteiger partial charge in [-0.1, -0.05) is 0 Å². The molecule has 0 fully saturated rings. The van der Waals surface area contributed by atoms with Gasteiger partial charge >= 0.3 is 0 Å². The van der Waals surface area contributed by atoms with Gasteiger partial charge in [0.1, 0.15) is 6.61 Å². The maximum absolute atomic E-state index is 11.2. The molecule has 5 heteroatoms. The van der Waals surface area contributed by atoms with Crippen molar-refractivity contribution in [3.8, 4) is 11.5 Å². The second-order valence-corrected chi connectivity index (χ2v) is 3.63. The lowest BCUT2D eigenvalue weighted by atomic mass is 10.1. The van der Waals surface area contributed by atoms with E-state index in [0.29, 0.717) is 17.1 Å². The summed E-state index contributed by atoms with van der Waals surface area (Å²) >= 11 is 0. The smallest absolute Gasteiger partial charge is 0.191 e. The summed E-state index contributed by atoms with van der Waals surface area (Å²) in [6.45, 7) is 1.74. The van der Waals surface area contributed by atoms with Crippen LogP contribution in [0.1, 0.15) is 17.3 Å². The van der Waals surface area contributed by atoms with E-state index in [2.05, 4.69) is 0 Å². The number of benzene rings is 1. The first-order chi connectivity index (χ1) is 8.62. The molecule has 100 valence electrons. The van der Waals surface area contributed by atoms with Crippen LogP contribution in [0.25, 0.3) is 0 Å². The van der Waals surface area contributed by atoms with E-state index in [1.165, 1.54) is 28.3 Å². The summed E-state index contributed by atoms with van der Waals surface area (Å²) < 4.78 is 20.7. The number of ketones is 1. The minimum absolute atomic E-state index is 0.0218. The summed E-state index contributed by atoms with van der Waals surface area (Å²) in [7, 11) is 4.59. The van der Waals surface area contributed by atoms with Crippen molar-refractivity contribution >= 4 is 5.78 Å². The molecule has 0 aliphatic carbocycles. The molecule has 1 aromatic carbocycles. The van der Waals surface area contributed by atoms with Gasteiger partial charge in [0.15, 0.2) is 23.6 Å². The van der Waals surface area contributed by atoms with E-state index in [0.717, 1.165) is 0 Å². The molecule has 0 aromatic heterocycles. The highest BCUT2D eigenvalue weighted by molar-refractivity contribution is 5.94. The molecule has 0 bridgehead atoms. The Labute approximate surface area is 107 Å². The highest BCUT2D eigenvalue weighted by Gasteiger charge is 2.11. The van der Waals surface area contributed by atoms with Gasteiger partial charge in [0, 0.05) is 19.8 Å². The number of hydrogen-bond donors (Lipinski definition) is 0. The predicted octanol–water partition coefficient (Wildman–Crippen LogP) is 1.90. The third-order valence-electron chi connectivity index (χ3n) is 2.47. The third kappa shape index (κ3) is 3.72. The molecule has 0 aliphatic heterocycles. The molecule has 0 heterocycles.